The first kappa shape index (κ1) is 15.6. The largest absolute Gasteiger partial charge is 0.506 e. The molecule has 0 aromatic heterocycles. The fraction of sp³-hybridized carbons (Fsp3) is 0.235. The zero-order valence-corrected chi connectivity index (χ0v) is 13.9. The Labute approximate surface area is 133 Å². The maximum Gasteiger partial charge on any atom is 0.255 e. The van der Waals surface area contributed by atoms with Crippen LogP contribution in [-0.4, -0.2) is 11.0 Å². The highest BCUT2D eigenvalue weighted by molar-refractivity contribution is 9.10. The Balaban J connectivity index is 2.42. The number of amides is 1. The zero-order valence-electron chi connectivity index (χ0n) is 12.3. The topological polar surface area (TPSA) is 49.3 Å². The molecule has 4 heteroatoms. The number of halogens is 1. The standard InChI is InChI=1S/C17H18BrNO2/c1-10(2)14-13(9-11(3)16(20)15(14)18)19-17(21)12-7-5-4-6-8-12/h4-10,20H,1-3H3,(H,19,21). The van der Waals surface area contributed by atoms with E-state index < -0.39 is 0 Å². The van der Waals surface area contributed by atoms with Crippen LogP contribution in [0.1, 0.15) is 41.3 Å². The number of aryl methyl sites for hydroxylation is 1. The van der Waals surface area contributed by atoms with Gasteiger partial charge in [-0.3, -0.25) is 4.79 Å². The highest BCUT2D eigenvalue weighted by atomic mass is 79.9. The third-order valence-corrected chi connectivity index (χ3v) is 4.13. The van der Waals surface area contributed by atoms with Crippen LogP contribution in [0.25, 0.3) is 0 Å². The summed E-state index contributed by atoms with van der Waals surface area (Å²) in [5, 5.41) is 13.0. The molecule has 0 atom stereocenters. The molecular weight excluding hydrogens is 330 g/mol. The molecular formula is C17H18BrNO2. The van der Waals surface area contributed by atoms with Crippen LogP contribution in [0.3, 0.4) is 0 Å². The number of nitrogens with one attached hydrogen (secondary N) is 1. The summed E-state index contributed by atoms with van der Waals surface area (Å²) in [6.45, 7) is 5.85. The monoisotopic (exact) mass is 347 g/mol. The quantitative estimate of drug-likeness (QED) is 0.780. The Morgan fingerprint density at radius 2 is 1.86 bits per heavy atom. The van der Waals surface area contributed by atoms with Gasteiger partial charge in [-0.05, 0) is 58.1 Å². The third kappa shape index (κ3) is 3.27. The number of aromatic hydroxyl groups is 1. The van der Waals surface area contributed by atoms with Gasteiger partial charge in [-0.2, -0.15) is 0 Å². The summed E-state index contributed by atoms with van der Waals surface area (Å²) in [5.74, 6) is 0.225. The Morgan fingerprint density at radius 1 is 1.24 bits per heavy atom. The van der Waals surface area contributed by atoms with Crippen molar-refractivity contribution in [3.8, 4) is 5.75 Å². The molecule has 0 fully saturated rings. The number of anilines is 1. The Bertz CT molecular complexity index is 666. The van der Waals surface area contributed by atoms with E-state index in [1.165, 1.54) is 0 Å². The van der Waals surface area contributed by atoms with E-state index in [1.54, 1.807) is 18.2 Å². The number of carbonyl (C=O) groups excluding carboxylic acids is 1. The fourth-order valence-electron chi connectivity index (χ4n) is 2.23. The van der Waals surface area contributed by atoms with E-state index in [9.17, 15) is 9.90 Å². The van der Waals surface area contributed by atoms with Gasteiger partial charge in [-0.1, -0.05) is 32.0 Å². The van der Waals surface area contributed by atoms with E-state index in [0.717, 1.165) is 16.8 Å². The maximum atomic E-state index is 12.3. The molecule has 1 amide bonds. The number of phenols is 1. The number of hydrogen-bond donors (Lipinski definition) is 2. The predicted octanol–water partition coefficient (Wildman–Crippen LogP) is 4.84. The van der Waals surface area contributed by atoms with E-state index >= 15 is 0 Å². The van der Waals surface area contributed by atoms with Crippen LogP contribution in [0, 0.1) is 6.92 Å². The van der Waals surface area contributed by atoms with Crippen LogP contribution < -0.4 is 5.32 Å². The predicted molar refractivity (Wildman–Crippen MR) is 89.0 cm³/mol. The van der Waals surface area contributed by atoms with E-state index in [4.69, 9.17) is 0 Å². The summed E-state index contributed by atoms with van der Waals surface area (Å²) in [4.78, 5) is 12.3. The van der Waals surface area contributed by atoms with Gasteiger partial charge in [0.2, 0.25) is 0 Å². The molecule has 2 N–H and O–H groups in total. The fourth-order valence-corrected chi connectivity index (χ4v) is 3.22. The van der Waals surface area contributed by atoms with Crippen molar-refractivity contribution in [1.29, 1.82) is 0 Å². The minimum Gasteiger partial charge on any atom is -0.506 e. The molecule has 0 unspecified atom stereocenters. The second-order valence-electron chi connectivity index (χ2n) is 5.29. The Morgan fingerprint density at radius 3 is 2.43 bits per heavy atom. The summed E-state index contributed by atoms with van der Waals surface area (Å²) in [6.07, 6.45) is 0. The lowest BCUT2D eigenvalue weighted by Crippen LogP contribution is -2.14. The van der Waals surface area contributed by atoms with Gasteiger partial charge in [0.05, 0.1) is 4.47 Å². The van der Waals surface area contributed by atoms with Gasteiger partial charge < -0.3 is 10.4 Å². The van der Waals surface area contributed by atoms with Gasteiger partial charge in [0.1, 0.15) is 5.75 Å². The molecule has 0 heterocycles. The molecule has 2 rings (SSSR count). The molecule has 110 valence electrons. The molecule has 3 nitrogen and oxygen atoms in total. The molecule has 2 aromatic carbocycles. The van der Waals surface area contributed by atoms with Crippen molar-refractivity contribution < 1.29 is 9.90 Å². The van der Waals surface area contributed by atoms with Gasteiger partial charge in [0.15, 0.2) is 0 Å². The van der Waals surface area contributed by atoms with Crippen LogP contribution >= 0.6 is 15.9 Å². The van der Waals surface area contributed by atoms with E-state index in [1.807, 2.05) is 39.0 Å². The Hall–Kier alpha value is -1.81. The maximum absolute atomic E-state index is 12.3. The lowest BCUT2D eigenvalue weighted by molar-refractivity contribution is 0.102. The van der Waals surface area contributed by atoms with Crippen LogP contribution in [-0.2, 0) is 0 Å². The highest BCUT2D eigenvalue weighted by Crippen LogP contribution is 2.40. The average Bonchev–Trinajstić information content (AvgIpc) is 2.45. The van der Waals surface area contributed by atoms with Crippen molar-refractivity contribution >= 4 is 27.5 Å². The first-order chi connectivity index (χ1) is 9.91. The lowest BCUT2D eigenvalue weighted by atomic mass is 9.98. The normalized spacial score (nSPS) is 10.7. The van der Waals surface area contributed by atoms with E-state index in [0.29, 0.717) is 10.0 Å². The number of carbonyl (C=O) groups is 1. The number of phenolic OH excluding ortho intramolecular Hbond substituents is 1. The molecule has 0 saturated heterocycles. The molecule has 2 aromatic rings. The van der Waals surface area contributed by atoms with Crippen molar-refractivity contribution in [2.24, 2.45) is 0 Å². The van der Waals surface area contributed by atoms with Crippen LogP contribution in [0.2, 0.25) is 0 Å². The lowest BCUT2D eigenvalue weighted by Gasteiger charge is -2.18. The van der Waals surface area contributed by atoms with Gasteiger partial charge in [0, 0.05) is 11.3 Å². The van der Waals surface area contributed by atoms with Crippen molar-refractivity contribution in [2.75, 3.05) is 5.32 Å². The summed E-state index contributed by atoms with van der Waals surface area (Å²) < 4.78 is 0.640. The molecule has 0 aliphatic rings. The molecule has 21 heavy (non-hydrogen) atoms. The molecule has 0 radical (unpaired) electrons. The first-order valence-electron chi connectivity index (χ1n) is 6.80. The summed E-state index contributed by atoms with van der Waals surface area (Å²) in [7, 11) is 0. The van der Waals surface area contributed by atoms with Crippen LogP contribution in [0.15, 0.2) is 40.9 Å². The summed E-state index contributed by atoms with van der Waals surface area (Å²) >= 11 is 3.43. The molecule has 0 aliphatic carbocycles. The van der Waals surface area contributed by atoms with Crippen molar-refractivity contribution in [2.45, 2.75) is 26.7 Å². The highest BCUT2D eigenvalue weighted by Gasteiger charge is 2.18. The van der Waals surface area contributed by atoms with Crippen LogP contribution in [0.4, 0.5) is 5.69 Å². The number of benzene rings is 2. The van der Waals surface area contributed by atoms with Gasteiger partial charge in [0.25, 0.3) is 5.91 Å². The SMILES string of the molecule is Cc1cc(NC(=O)c2ccccc2)c(C(C)C)c(Br)c1O. The third-order valence-electron chi connectivity index (χ3n) is 3.33. The molecule has 0 spiro atoms. The molecule has 0 saturated carbocycles. The van der Waals surface area contributed by atoms with Crippen molar-refractivity contribution in [3.05, 3.63) is 57.6 Å². The van der Waals surface area contributed by atoms with Crippen molar-refractivity contribution in [3.63, 3.8) is 0 Å². The van der Waals surface area contributed by atoms with Gasteiger partial charge >= 0.3 is 0 Å². The average molecular weight is 348 g/mol. The molecule has 0 aliphatic heterocycles. The van der Waals surface area contributed by atoms with Crippen LogP contribution in [0.5, 0.6) is 5.75 Å². The second-order valence-corrected chi connectivity index (χ2v) is 6.09. The number of hydrogen-bond acceptors (Lipinski definition) is 2. The Kier molecular flexibility index (Phi) is 4.68. The summed E-state index contributed by atoms with van der Waals surface area (Å²) in [5.41, 5.74) is 2.94. The molecule has 0 bridgehead atoms. The van der Waals surface area contributed by atoms with E-state index in [-0.39, 0.29) is 17.6 Å². The first-order valence-corrected chi connectivity index (χ1v) is 7.59. The van der Waals surface area contributed by atoms with Gasteiger partial charge in [-0.25, -0.2) is 0 Å². The summed E-state index contributed by atoms with van der Waals surface area (Å²) in [6, 6.07) is 10.9. The second kappa shape index (κ2) is 6.31. The minimum atomic E-state index is -0.158. The van der Waals surface area contributed by atoms with E-state index in [2.05, 4.69) is 21.2 Å². The smallest absolute Gasteiger partial charge is 0.255 e. The number of rotatable bonds is 3. The zero-order chi connectivity index (χ0) is 15.6. The minimum absolute atomic E-state index is 0.158. The van der Waals surface area contributed by atoms with Crippen molar-refractivity contribution in [1.82, 2.24) is 0 Å². The van der Waals surface area contributed by atoms with Gasteiger partial charge in [-0.15, -0.1) is 0 Å².